The van der Waals surface area contributed by atoms with Crippen LogP contribution in [0, 0.1) is 0 Å². The summed E-state index contributed by atoms with van der Waals surface area (Å²) in [6, 6.07) is 100. The number of nitrogens with zero attached hydrogens (tertiary/aromatic N) is 6. The molecular formula is C97H86N6. The van der Waals surface area contributed by atoms with E-state index in [1.165, 1.54) is 122 Å². The summed E-state index contributed by atoms with van der Waals surface area (Å²) in [5.74, 6) is 0. The molecule has 6 nitrogen and oxygen atoms in total. The van der Waals surface area contributed by atoms with Crippen molar-refractivity contribution in [3.63, 3.8) is 0 Å². The highest BCUT2D eigenvalue weighted by Crippen LogP contribution is 2.65. The molecule has 3 saturated carbocycles. The summed E-state index contributed by atoms with van der Waals surface area (Å²) in [7, 11) is 0. The van der Waals surface area contributed by atoms with Gasteiger partial charge in [0.1, 0.15) is 0 Å². The van der Waals surface area contributed by atoms with Gasteiger partial charge in [0.15, 0.2) is 0 Å². The van der Waals surface area contributed by atoms with Crippen LogP contribution in [-0.4, -0.2) is 31.6 Å². The Hall–Kier alpha value is -10.7. The lowest BCUT2D eigenvalue weighted by atomic mass is 9.61. The van der Waals surface area contributed by atoms with Crippen LogP contribution in [0.1, 0.15) is 135 Å². The van der Waals surface area contributed by atoms with Gasteiger partial charge in [0.25, 0.3) is 0 Å². The molecule has 6 unspecified atom stereocenters. The Labute approximate surface area is 606 Å². The van der Waals surface area contributed by atoms with Crippen molar-refractivity contribution in [2.24, 2.45) is 0 Å². The van der Waals surface area contributed by atoms with Crippen LogP contribution in [0.3, 0.4) is 0 Å². The van der Waals surface area contributed by atoms with Crippen LogP contribution in [0.2, 0.25) is 0 Å². The summed E-state index contributed by atoms with van der Waals surface area (Å²) < 4.78 is 0. The van der Waals surface area contributed by atoms with Crippen molar-refractivity contribution in [2.45, 2.75) is 151 Å². The highest BCUT2D eigenvalue weighted by molar-refractivity contribution is 6.31. The van der Waals surface area contributed by atoms with Crippen LogP contribution >= 0.6 is 0 Å². The number of para-hydroxylation sites is 3. The van der Waals surface area contributed by atoms with Crippen molar-refractivity contribution in [3.8, 4) is 78.7 Å². The van der Waals surface area contributed by atoms with Crippen LogP contribution in [0.15, 0.2) is 267 Å². The van der Waals surface area contributed by atoms with Gasteiger partial charge < -0.3 is 14.7 Å². The highest BCUT2D eigenvalue weighted by atomic mass is 15.3. The van der Waals surface area contributed by atoms with Gasteiger partial charge in [-0.3, -0.25) is 0 Å². The van der Waals surface area contributed by atoms with E-state index in [4.69, 9.17) is 15.0 Å². The molecule has 11 aromatic carbocycles. The maximum absolute atomic E-state index is 5.84. The number of benzene rings is 11. The molecule has 0 saturated heterocycles. The number of pyridine rings is 3. The van der Waals surface area contributed by atoms with Crippen molar-refractivity contribution in [3.05, 3.63) is 284 Å². The zero-order valence-electron chi connectivity index (χ0n) is 60.1. The Morgan fingerprint density at radius 1 is 0.243 bits per heavy atom. The monoisotopic (exact) mass is 1330 g/mol. The van der Waals surface area contributed by atoms with Crippen LogP contribution in [0.5, 0.6) is 0 Å². The molecule has 6 heteroatoms. The van der Waals surface area contributed by atoms with Crippen molar-refractivity contribution in [2.75, 3.05) is 14.7 Å². The molecule has 3 aliphatic carbocycles. The second kappa shape index (κ2) is 22.9. The molecule has 14 aromatic rings. The first-order chi connectivity index (χ1) is 50.3. The van der Waals surface area contributed by atoms with E-state index in [0.29, 0.717) is 0 Å². The Morgan fingerprint density at radius 2 is 0.524 bits per heavy atom. The maximum Gasteiger partial charge on any atom is 0.0716 e. The molecule has 20 rings (SSSR count). The average molecular weight is 1340 g/mol. The first kappa shape index (κ1) is 62.1. The van der Waals surface area contributed by atoms with Crippen LogP contribution < -0.4 is 14.7 Å². The molecule has 103 heavy (non-hydrogen) atoms. The molecule has 3 aliphatic heterocycles. The molecular weight excluding hydrogens is 1250 g/mol. The Bertz CT molecular complexity index is 5540. The minimum atomic E-state index is -0.0610. The topological polar surface area (TPSA) is 48.4 Å². The first-order valence-electron chi connectivity index (χ1n) is 38.0. The lowest BCUT2D eigenvalue weighted by molar-refractivity contribution is 0.195. The average Bonchev–Trinajstić information content (AvgIpc) is 1.64. The van der Waals surface area contributed by atoms with Gasteiger partial charge in [-0.2, -0.15) is 0 Å². The predicted octanol–water partition coefficient (Wildman–Crippen LogP) is 25.7. The third-order valence-electron chi connectivity index (χ3n) is 27.3. The molecule has 0 bridgehead atoms. The van der Waals surface area contributed by atoms with Crippen molar-refractivity contribution < 1.29 is 0 Å². The number of hydrogen-bond donors (Lipinski definition) is 0. The van der Waals surface area contributed by atoms with Gasteiger partial charge in [0, 0.05) is 83.7 Å². The Kier molecular flexibility index (Phi) is 13.8. The van der Waals surface area contributed by atoms with Gasteiger partial charge in [-0.15, -0.1) is 0 Å². The Balaban J connectivity index is 0.780. The molecule has 0 N–H and O–H groups in total. The summed E-state index contributed by atoms with van der Waals surface area (Å²) in [6.45, 7) is 15.2. The smallest absolute Gasteiger partial charge is 0.0716 e. The summed E-state index contributed by atoms with van der Waals surface area (Å²) in [4.78, 5) is 25.5. The second-order valence-electron chi connectivity index (χ2n) is 32.3. The zero-order valence-corrected chi connectivity index (χ0v) is 60.1. The van der Waals surface area contributed by atoms with Gasteiger partial charge in [0.2, 0.25) is 0 Å². The van der Waals surface area contributed by atoms with Gasteiger partial charge in [-0.05, 0) is 241 Å². The SMILES string of the molecule is CC12CCCCC1(C)N(c1ccccc1)c1ccc(-c3cccc(-c4cc(-c5ccccc5)c5ccc6c(-c7cccc(-c8ccc9c(c8)C8(C)CCCCC8(C)N9c8ccccc8)n7)cc(-c7cccc(-c8ccc9c(c8)C8(C)CCCCC8(C)N9c8ccccc8)n7)c7ccc4c5c67)n3)cc12. The van der Waals surface area contributed by atoms with Crippen molar-refractivity contribution in [1.82, 2.24) is 15.0 Å². The van der Waals surface area contributed by atoms with E-state index in [-0.39, 0.29) is 32.9 Å². The third kappa shape index (κ3) is 8.88. The highest BCUT2D eigenvalue weighted by Gasteiger charge is 2.60. The summed E-state index contributed by atoms with van der Waals surface area (Å²) in [6.07, 6.45) is 14.2. The van der Waals surface area contributed by atoms with Gasteiger partial charge in [-0.1, -0.05) is 205 Å². The lowest BCUT2D eigenvalue weighted by Gasteiger charge is -2.50. The first-order valence-corrected chi connectivity index (χ1v) is 38.0. The predicted molar refractivity (Wildman–Crippen MR) is 430 cm³/mol. The Morgan fingerprint density at radius 3 is 0.854 bits per heavy atom. The number of aromatic nitrogens is 3. The molecule has 6 heterocycles. The minimum Gasteiger partial charge on any atom is -0.334 e. The standard InChI is InChI=1S/C97H86N6/c1-92-52-19-22-55-95(92,4)101(67-30-13-8-14-31-67)87-49-42-64(58-78(87)92)81-36-25-39-84(98-81)75-61-74(63-28-11-7-12-29-63)70-45-46-72-76(85-40-26-37-82(99-85)65-43-50-88-79(59-65)93(2)53-20-23-56-96(93,5)102(88)68-32-15-9-16-33-68)62-77(73-48-47-71(75)90(70)91(72)73)86-41-27-38-83(100-86)66-44-51-89-80(60-66)94(3)54-21-24-57-97(94,6)103(89)69-34-17-10-18-35-69/h7-18,25-51,58-62H,19-24,52-57H2,1-6H3. The summed E-state index contributed by atoms with van der Waals surface area (Å²) >= 11 is 0. The summed E-state index contributed by atoms with van der Waals surface area (Å²) in [5.41, 5.74) is 26.5. The molecule has 0 amide bonds. The zero-order chi connectivity index (χ0) is 69.2. The largest absolute Gasteiger partial charge is 0.334 e. The van der Waals surface area contributed by atoms with Crippen molar-refractivity contribution >= 4 is 66.4 Å². The van der Waals surface area contributed by atoms with Crippen LogP contribution in [0.4, 0.5) is 34.1 Å². The van der Waals surface area contributed by atoms with E-state index >= 15 is 0 Å². The van der Waals surface area contributed by atoms with E-state index in [1.54, 1.807) is 0 Å². The normalized spacial score (nSPS) is 23.9. The van der Waals surface area contributed by atoms with E-state index in [0.717, 1.165) is 117 Å². The van der Waals surface area contributed by atoms with Crippen LogP contribution in [0.25, 0.3) is 111 Å². The quantitative estimate of drug-likeness (QED) is 0.127. The maximum atomic E-state index is 5.84. The van der Waals surface area contributed by atoms with Crippen LogP contribution in [-0.2, 0) is 16.2 Å². The fourth-order valence-corrected chi connectivity index (χ4v) is 21.3. The molecule has 0 radical (unpaired) electrons. The molecule has 504 valence electrons. The van der Waals surface area contributed by atoms with Gasteiger partial charge in [-0.25, -0.2) is 15.0 Å². The number of anilines is 6. The van der Waals surface area contributed by atoms with Gasteiger partial charge in [0.05, 0.1) is 50.8 Å². The van der Waals surface area contributed by atoms with E-state index in [9.17, 15) is 0 Å². The molecule has 3 fully saturated rings. The number of hydrogen-bond acceptors (Lipinski definition) is 6. The number of rotatable bonds is 10. The lowest BCUT2D eigenvalue weighted by Crippen LogP contribution is -2.54. The van der Waals surface area contributed by atoms with Gasteiger partial charge >= 0.3 is 0 Å². The molecule has 6 atom stereocenters. The fraction of sp³-hybridized carbons (Fsp3) is 0.247. The fourth-order valence-electron chi connectivity index (χ4n) is 21.3. The van der Waals surface area contributed by atoms with E-state index < -0.39 is 0 Å². The van der Waals surface area contributed by atoms with E-state index in [2.05, 4.69) is 323 Å². The minimum absolute atomic E-state index is 0.0303. The third-order valence-corrected chi connectivity index (χ3v) is 27.3. The van der Waals surface area contributed by atoms with E-state index in [1.807, 2.05) is 0 Å². The molecule has 6 aliphatic rings. The summed E-state index contributed by atoms with van der Waals surface area (Å²) in [5, 5.41) is 7.10. The molecule has 0 spiro atoms. The number of fused-ring (bicyclic) bond motifs is 9. The second-order valence-corrected chi connectivity index (χ2v) is 32.3. The molecule has 3 aromatic heterocycles. The van der Waals surface area contributed by atoms with Crippen molar-refractivity contribution in [1.29, 1.82) is 0 Å².